The fourth-order valence-corrected chi connectivity index (χ4v) is 3.66. The summed E-state index contributed by atoms with van der Waals surface area (Å²) in [6.07, 6.45) is 0. The molecule has 4 rings (SSSR count). The van der Waals surface area contributed by atoms with Gasteiger partial charge in [0.1, 0.15) is 5.82 Å². The van der Waals surface area contributed by atoms with E-state index in [1.165, 1.54) is 6.07 Å². The number of amides is 1. The van der Waals surface area contributed by atoms with Gasteiger partial charge in [-0.15, -0.1) is 0 Å². The molecule has 1 amide bonds. The molecule has 4 aromatic rings. The Morgan fingerprint density at radius 2 is 1.78 bits per heavy atom. The normalized spacial score (nSPS) is 11.0. The molecule has 0 aliphatic heterocycles. The molecular weight excluding hydrogens is 429 g/mol. The third-order valence-corrected chi connectivity index (χ3v) is 5.86. The number of anilines is 1. The monoisotopic (exact) mass is 451 g/mol. The van der Waals surface area contributed by atoms with Gasteiger partial charge < -0.3 is 5.32 Å². The number of carbonyl (C=O) groups excluding carboxylic acids is 1. The van der Waals surface area contributed by atoms with Crippen LogP contribution in [0.15, 0.2) is 54.6 Å². The minimum Gasteiger partial charge on any atom is -0.305 e. The zero-order valence-corrected chi connectivity index (χ0v) is 18.8. The van der Waals surface area contributed by atoms with Gasteiger partial charge in [0.2, 0.25) is 0 Å². The molecule has 0 fully saturated rings. The summed E-state index contributed by atoms with van der Waals surface area (Å²) in [5.74, 6) is -0.137. The fraction of sp³-hybridized carbons (Fsp3) is 0.208. The predicted octanol–water partition coefficient (Wildman–Crippen LogP) is 5.15. The Hall–Kier alpha value is -3.45. The average Bonchev–Trinajstić information content (AvgIpc) is 3.23. The van der Waals surface area contributed by atoms with Crippen LogP contribution in [0.1, 0.15) is 38.6 Å². The Kier molecular flexibility index (Phi) is 6.10. The van der Waals surface area contributed by atoms with E-state index in [4.69, 9.17) is 11.6 Å². The molecule has 2 heterocycles. The second-order valence-electron chi connectivity index (χ2n) is 7.72. The van der Waals surface area contributed by atoms with Crippen LogP contribution in [0, 0.1) is 26.6 Å². The maximum atomic E-state index is 14.0. The standard InChI is InChI=1S/C24H23ClFN5O/c1-15-11-22(29-30(15)14-20-8-4-5-10-21(20)26)27-24(32)19-9-6-7-18(12-19)13-31-17(3)23(25)16(2)28-31/h4-12H,13-14H2,1-3H3,(H,27,29,32). The molecule has 2 aromatic heterocycles. The highest BCUT2D eigenvalue weighted by Gasteiger charge is 2.13. The van der Waals surface area contributed by atoms with Gasteiger partial charge in [0, 0.05) is 22.9 Å². The van der Waals surface area contributed by atoms with Crippen LogP contribution in [-0.2, 0) is 13.1 Å². The lowest BCUT2D eigenvalue weighted by Crippen LogP contribution is -2.14. The molecular formula is C24H23ClFN5O. The SMILES string of the molecule is Cc1nn(Cc2cccc(C(=O)Nc3cc(C)n(Cc4ccccc4F)n3)c2)c(C)c1Cl. The summed E-state index contributed by atoms with van der Waals surface area (Å²) in [5.41, 5.74) is 4.46. The van der Waals surface area contributed by atoms with Crippen molar-refractivity contribution in [3.8, 4) is 0 Å². The maximum Gasteiger partial charge on any atom is 0.256 e. The third kappa shape index (κ3) is 4.57. The minimum absolute atomic E-state index is 0.270. The van der Waals surface area contributed by atoms with Gasteiger partial charge in [-0.25, -0.2) is 4.39 Å². The molecule has 0 saturated carbocycles. The highest BCUT2D eigenvalue weighted by atomic mass is 35.5. The molecule has 0 spiro atoms. The first kappa shape index (κ1) is 21.8. The first-order valence-electron chi connectivity index (χ1n) is 10.2. The Morgan fingerprint density at radius 3 is 2.50 bits per heavy atom. The number of carbonyl (C=O) groups is 1. The fourth-order valence-electron chi connectivity index (χ4n) is 3.52. The van der Waals surface area contributed by atoms with Crippen LogP contribution in [0.2, 0.25) is 5.02 Å². The van der Waals surface area contributed by atoms with E-state index >= 15 is 0 Å². The van der Waals surface area contributed by atoms with Crippen LogP contribution in [0.5, 0.6) is 0 Å². The average molecular weight is 452 g/mol. The van der Waals surface area contributed by atoms with Crippen molar-refractivity contribution >= 4 is 23.3 Å². The van der Waals surface area contributed by atoms with E-state index in [0.717, 1.165) is 22.6 Å². The molecule has 0 aliphatic carbocycles. The summed E-state index contributed by atoms with van der Waals surface area (Å²) in [7, 11) is 0. The number of aryl methyl sites for hydroxylation is 2. The van der Waals surface area contributed by atoms with E-state index in [-0.39, 0.29) is 18.3 Å². The highest BCUT2D eigenvalue weighted by molar-refractivity contribution is 6.31. The van der Waals surface area contributed by atoms with Crippen molar-refractivity contribution in [2.45, 2.75) is 33.9 Å². The first-order chi connectivity index (χ1) is 15.3. The molecule has 2 aromatic carbocycles. The minimum atomic E-state index is -0.284. The van der Waals surface area contributed by atoms with E-state index in [1.807, 2.05) is 43.7 Å². The zero-order chi connectivity index (χ0) is 22.8. The van der Waals surface area contributed by atoms with Crippen molar-refractivity contribution in [2.24, 2.45) is 0 Å². The predicted molar refractivity (Wildman–Crippen MR) is 123 cm³/mol. The number of nitrogens with one attached hydrogen (secondary N) is 1. The molecule has 0 atom stereocenters. The summed E-state index contributed by atoms with van der Waals surface area (Å²) in [4.78, 5) is 12.8. The van der Waals surface area contributed by atoms with Crippen molar-refractivity contribution in [1.82, 2.24) is 19.6 Å². The third-order valence-electron chi connectivity index (χ3n) is 5.32. The molecule has 0 unspecified atom stereocenters. The summed E-state index contributed by atoms with van der Waals surface area (Å²) < 4.78 is 17.4. The number of halogens is 2. The second kappa shape index (κ2) is 8.96. The van der Waals surface area contributed by atoms with E-state index in [2.05, 4.69) is 15.5 Å². The molecule has 0 aliphatic rings. The van der Waals surface area contributed by atoms with Crippen LogP contribution in [0.4, 0.5) is 10.2 Å². The number of aromatic nitrogens is 4. The van der Waals surface area contributed by atoms with E-state index < -0.39 is 0 Å². The summed E-state index contributed by atoms with van der Waals surface area (Å²) in [5, 5.41) is 12.3. The Bertz CT molecular complexity index is 1290. The van der Waals surface area contributed by atoms with Crippen LogP contribution in [0.25, 0.3) is 0 Å². The molecule has 0 bridgehead atoms. The van der Waals surface area contributed by atoms with Crippen molar-refractivity contribution in [1.29, 1.82) is 0 Å². The molecule has 164 valence electrons. The van der Waals surface area contributed by atoms with Crippen molar-refractivity contribution in [2.75, 3.05) is 5.32 Å². The molecule has 6 nitrogen and oxygen atoms in total. The molecule has 1 N–H and O–H groups in total. The van der Waals surface area contributed by atoms with Crippen molar-refractivity contribution < 1.29 is 9.18 Å². The van der Waals surface area contributed by atoms with Crippen LogP contribution in [0.3, 0.4) is 0 Å². The first-order valence-corrected chi connectivity index (χ1v) is 10.6. The van der Waals surface area contributed by atoms with Gasteiger partial charge in [0.05, 0.1) is 29.5 Å². The largest absolute Gasteiger partial charge is 0.305 e. The molecule has 32 heavy (non-hydrogen) atoms. The lowest BCUT2D eigenvalue weighted by molar-refractivity contribution is 0.102. The van der Waals surface area contributed by atoms with Crippen LogP contribution < -0.4 is 5.32 Å². The Morgan fingerprint density at radius 1 is 1.00 bits per heavy atom. The zero-order valence-electron chi connectivity index (χ0n) is 18.1. The van der Waals surface area contributed by atoms with Crippen LogP contribution >= 0.6 is 11.6 Å². The second-order valence-corrected chi connectivity index (χ2v) is 8.09. The van der Waals surface area contributed by atoms with Gasteiger partial charge in [-0.05, 0) is 44.5 Å². The van der Waals surface area contributed by atoms with Gasteiger partial charge >= 0.3 is 0 Å². The van der Waals surface area contributed by atoms with Gasteiger partial charge in [0.15, 0.2) is 5.82 Å². The molecule has 0 radical (unpaired) electrons. The summed E-state index contributed by atoms with van der Waals surface area (Å²) in [6.45, 7) is 6.44. The van der Waals surface area contributed by atoms with Gasteiger partial charge in [-0.2, -0.15) is 10.2 Å². The number of rotatable bonds is 6. The van der Waals surface area contributed by atoms with E-state index in [9.17, 15) is 9.18 Å². The topological polar surface area (TPSA) is 64.7 Å². The summed E-state index contributed by atoms with van der Waals surface area (Å²) in [6, 6.07) is 15.7. The Balaban J connectivity index is 1.48. The van der Waals surface area contributed by atoms with Crippen molar-refractivity contribution in [3.63, 3.8) is 0 Å². The molecule has 0 saturated heterocycles. The smallest absolute Gasteiger partial charge is 0.256 e. The highest BCUT2D eigenvalue weighted by Crippen LogP contribution is 2.20. The molecule has 8 heteroatoms. The number of hydrogen-bond acceptors (Lipinski definition) is 3. The lowest BCUT2D eigenvalue weighted by Gasteiger charge is -2.08. The van der Waals surface area contributed by atoms with E-state index in [0.29, 0.717) is 28.5 Å². The van der Waals surface area contributed by atoms with Gasteiger partial charge in [-0.3, -0.25) is 14.2 Å². The lowest BCUT2D eigenvalue weighted by atomic mass is 10.1. The van der Waals surface area contributed by atoms with Crippen molar-refractivity contribution in [3.05, 3.63) is 99.2 Å². The van der Waals surface area contributed by atoms with Gasteiger partial charge in [-0.1, -0.05) is 41.9 Å². The summed E-state index contributed by atoms with van der Waals surface area (Å²) >= 11 is 6.23. The number of nitrogens with zero attached hydrogens (tertiary/aromatic N) is 4. The Labute approximate surface area is 190 Å². The quantitative estimate of drug-likeness (QED) is 0.441. The van der Waals surface area contributed by atoms with E-state index in [1.54, 1.807) is 35.0 Å². The maximum absolute atomic E-state index is 14.0. The number of hydrogen-bond donors (Lipinski definition) is 1. The number of benzene rings is 2. The van der Waals surface area contributed by atoms with Gasteiger partial charge in [0.25, 0.3) is 5.91 Å². The van der Waals surface area contributed by atoms with Crippen LogP contribution in [-0.4, -0.2) is 25.5 Å².